The van der Waals surface area contributed by atoms with Crippen molar-refractivity contribution in [1.82, 2.24) is 4.57 Å². The number of aromatic nitrogens is 1. The molecular formula is C10H8INO. The summed E-state index contributed by atoms with van der Waals surface area (Å²) in [5.74, 6) is 0. The van der Waals surface area contributed by atoms with Crippen LogP contribution in [-0.2, 0) is 7.05 Å². The molecule has 2 rings (SSSR count). The minimum absolute atomic E-state index is 0.0895. The number of nitrogens with zero attached hydrogens (tertiary/aromatic N) is 1. The van der Waals surface area contributed by atoms with Gasteiger partial charge >= 0.3 is 0 Å². The lowest BCUT2D eigenvalue weighted by molar-refractivity contribution is 0.947. The van der Waals surface area contributed by atoms with Crippen LogP contribution in [0.1, 0.15) is 0 Å². The maximum atomic E-state index is 11.5. The Hall–Kier alpha value is -0.840. The summed E-state index contributed by atoms with van der Waals surface area (Å²) in [4.78, 5) is 11.5. The molecule has 1 aromatic carbocycles. The van der Waals surface area contributed by atoms with Gasteiger partial charge in [0.2, 0.25) is 0 Å². The molecule has 0 N–H and O–H groups in total. The van der Waals surface area contributed by atoms with E-state index in [1.54, 1.807) is 12.3 Å². The predicted molar refractivity (Wildman–Crippen MR) is 61.9 cm³/mol. The molecule has 2 aromatic rings. The van der Waals surface area contributed by atoms with Crippen LogP contribution < -0.4 is 5.43 Å². The average molecular weight is 285 g/mol. The van der Waals surface area contributed by atoms with Gasteiger partial charge in [-0.1, -0.05) is 6.07 Å². The van der Waals surface area contributed by atoms with Crippen molar-refractivity contribution in [2.24, 2.45) is 7.05 Å². The van der Waals surface area contributed by atoms with Gasteiger partial charge in [-0.05, 0) is 34.7 Å². The lowest BCUT2D eigenvalue weighted by atomic mass is 10.2. The lowest BCUT2D eigenvalue weighted by Gasteiger charge is -2.05. The molecule has 0 saturated carbocycles. The number of aryl methyl sites for hydroxylation is 1. The molecule has 0 unspecified atom stereocenters. The summed E-state index contributed by atoms with van der Waals surface area (Å²) in [5.41, 5.74) is 1.10. The summed E-state index contributed by atoms with van der Waals surface area (Å²) in [5, 5.41) is 0.789. The summed E-state index contributed by atoms with van der Waals surface area (Å²) in [6.45, 7) is 0. The standard InChI is InChI=1S/C10H8INO/c1-12-6-5-9(13)7-3-2-4-8(11)10(7)12/h2-6H,1H3. The highest BCUT2D eigenvalue weighted by atomic mass is 127. The minimum Gasteiger partial charge on any atom is -0.349 e. The first-order chi connectivity index (χ1) is 6.20. The van der Waals surface area contributed by atoms with Gasteiger partial charge in [0, 0.05) is 28.3 Å². The summed E-state index contributed by atoms with van der Waals surface area (Å²) in [7, 11) is 1.95. The van der Waals surface area contributed by atoms with Gasteiger partial charge in [0.15, 0.2) is 5.43 Å². The van der Waals surface area contributed by atoms with Crippen molar-refractivity contribution in [3.8, 4) is 0 Å². The van der Waals surface area contributed by atoms with Crippen molar-refractivity contribution in [3.05, 3.63) is 44.3 Å². The van der Waals surface area contributed by atoms with E-state index in [4.69, 9.17) is 0 Å². The Bertz CT molecular complexity index is 508. The van der Waals surface area contributed by atoms with Crippen molar-refractivity contribution in [2.75, 3.05) is 0 Å². The summed E-state index contributed by atoms with van der Waals surface area (Å²) >= 11 is 2.24. The van der Waals surface area contributed by atoms with E-state index in [9.17, 15) is 4.79 Å². The Kier molecular flexibility index (Phi) is 2.11. The van der Waals surface area contributed by atoms with Gasteiger partial charge in [-0.15, -0.1) is 0 Å². The molecular weight excluding hydrogens is 277 g/mol. The number of benzene rings is 1. The average Bonchev–Trinajstić information content (AvgIpc) is 2.12. The Morgan fingerprint density at radius 2 is 2.08 bits per heavy atom. The van der Waals surface area contributed by atoms with E-state index < -0.39 is 0 Å². The number of para-hydroxylation sites is 1. The summed E-state index contributed by atoms with van der Waals surface area (Å²) in [6, 6.07) is 7.37. The van der Waals surface area contributed by atoms with Crippen molar-refractivity contribution in [2.45, 2.75) is 0 Å². The minimum atomic E-state index is 0.0895. The predicted octanol–water partition coefficient (Wildman–Crippen LogP) is 2.14. The molecule has 1 aromatic heterocycles. The zero-order chi connectivity index (χ0) is 9.42. The van der Waals surface area contributed by atoms with Gasteiger partial charge in [-0.2, -0.15) is 0 Å². The van der Waals surface area contributed by atoms with Crippen LogP contribution in [0.25, 0.3) is 10.9 Å². The fourth-order valence-electron chi connectivity index (χ4n) is 1.42. The number of halogens is 1. The molecule has 1 heterocycles. The van der Waals surface area contributed by atoms with Gasteiger partial charge in [-0.3, -0.25) is 4.79 Å². The molecule has 66 valence electrons. The fraction of sp³-hybridized carbons (Fsp3) is 0.100. The molecule has 0 amide bonds. The second-order valence-corrected chi connectivity index (χ2v) is 4.09. The number of hydrogen-bond donors (Lipinski definition) is 0. The molecule has 0 radical (unpaired) electrons. The quantitative estimate of drug-likeness (QED) is 0.680. The van der Waals surface area contributed by atoms with E-state index in [2.05, 4.69) is 22.6 Å². The first kappa shape index (κ1) is 8.74. The number of hydrogen-bond acceptors (Lipinski definition) is 1. The Morgan fingerprint density at radius 1 is 1.31 bits per heavy atom. The van der Waals surface area contributed by atoms with Crippen LogP contribution in [0.15, 0.2) is 35.3 Å². The third-order valence-corrected chi connectivity index (χ3v) is 2.92. The van der Waals surface area contributed by atoms with E-state index in [1.807, 2.05) is 29.8 Å². The van der Waals surface area contributed by atoms with Crippen molar-refractivity contribution < 1.29 is 0 Å². The van der Waals surface area contributed by atoms with E-state index in [0.29, 0.717) is 0 Å². The first-order valence-corrected chi connectivity index (χ1v) is 5.02. The van der Waals surface area contributed by atoms with Crippen LogP contribution in [0.4, 0.5) is 0 Å². The van der Waals surface area contributed by atoms with Gasteiger partial charge < -0.3 is 4.57 Å². The molecule has 0 aliphatic carbocycles. The van der Waals surface area contributed by atoms with E-state index >= 15 is 0 Å². The van der Waals surface area contributed by atoms with Crippen LogP contribution in [0.5, 0.6) is 0 Å². The molecule has 0 fully saturated rings. The molecule has 0 spiro atoms. The normalized spacial score (nSPS) is 10.6. The molecule has 0 aliphatic heterocycles. The van der Waals surface area contributed by atoms with Crippen LogP contribution >= 0.6 is 22.6 Å². The molecule has 0 atom stereocenters. The van der Waals surface area contributed by atoms with Crippen molar-refractivity contribution >= 4 is 33.5 Å². The molecule has 0 bridgehead atoms. The van der Waals surface area contributed by atoms with Gasteiger partial charge in [-0.25, -0.2) is 0 Å². The molecule has 0 saturated heterocycles. The number of pyridine rings is 1. The maximum Gasteiger partial charge on any atom is 0.189 e. The van der Waals surface area contributed by atoms with Crippen LogP contribution in [0.3, 0.4) is 0 Å². The fourth-order valence-corrected chi connectivity index (χ4v) is 2.30. The van der Waals surface area contributed by atoms with Crippen LogP contribution in [0.2, 0.25) is 0 Å². The smallest absolute Gasteiger partial charge is 0.189 e. The van der Waals surface area contributed by atoms with Gasteiger partial charge in [0.05, 0.1) is 5.52 Å². The second-order valence-electron chi connectivity index (χ2n) is 2.93. The van der Waals surface area contributed by atoms with E-state index in [-0.39, 0.29) is 5.43 Å². The first-order valence-electron chi connectivity index (χ1n) is 3.94. The van der Waals surface area contributed by atoms with Gasteiger partial charge in [0.25, 0.3) is 0 Å². The molecule has 2 nitrogen and oxygen atoms in total. The van der Waals surface area contributed by atoms with Crippen LogP contribution in [0, 0.1) is 3.57 Å². The highest BCUT2D eigenvalue weighted by Gasteiger charge is 2.02. The Morgan fingerprint density at radius 3 is 2.77 bits per heavy atom. The zero-order valence-corrected chi connectivity index (χ0v) is 9.28. The largest absolute Gasteiger partial charge is 0.349 e. The summed E-state index contributed by atoms with van der Waals surface area (Å²) < 4.78 is 3.08. The maximum absolute atomic E-state index is 11.5. The molecule has 13 heavy (non-hydrogen) atoms. The number of rotatable bonds is 0. The van der Waals surface area contributed by atoms with Crippen molar-refractivity contribution in [1.29, 1.82) is 0 Å². The third-order valence-electron chi connectivity index (χ3n) is 2.05. The van der Waals surface area contributed by atoms with Gasteiger partial charge in [0.1, 0.15) is 0 Å². The molecule has 0 aliphatic rings. The Labute approximate surface area is 89.3 Å². The van der Waals surface area contributed by atoms with E-state index in [0.717, 1.165) is 14.5 Å². The topological polar surface area (TPSA) is 22.0 Å². The Balaban J connectivity index is 3.09. The monoisotopic (exact) mass is 285 g/mol. The van der Waals surface area contributed by atoms with Crippen LogP contribution in [-0.4, -0.2) is 4.57 Å². The number of fused-ring (bicyclic) bond motifs is 1. The second kappa shape index (κ2) is 3.14. The van der Waals surface area contributed by atoms with Crippen molar-refractivity contribution in [3.63, 3.8) is 0 Å². The summed E-state index contributed by atoms with van der Waals surface area (Å²) in [6.07, 6.45) is 1.80. The molecule has 3 heteroatoms. The lowest BCUT2D eigenvalue weighted by Crippen LogP contribution is -2.05. The highest BCUT2D eigenvalue weighted by molar-refractivity contribution is 14.1. The van der Waals surface area contributed by atoms with E-state index in [1.165, 1.54) is 0 Å². The highest BCUT2D eigenvalue weighted by Crippen LogP contribution is 2.16. The third kappa shape index (κ3) is 1.37. The zero-order valence-electron chi connectivity index (χ0n) is 7.12. The SMILES string of the molecule is Cn1ccc(=O)c2cccc(I)c21.